The van der Waals surface area contributed by atoms with Crippen molar-refractivity contribution in [1.82, 2.24) is 25.3 Å². The number of H-pyrrole nitrogens is 1. The SMILES string of the molecule is CCCc1noc(CSc2n[nH]c(CCC3CCCC3)n2)n1. The molecule has 2 aromatic rings. The van der Waals surface area contributed by atoms with Gasteiger partial charge < -0.3 is 4.52 Å². The summed E-state index contributed by atoms with van der Waals surface area (Å²) in [5.74, 6) is 3.93. The van der Waals surface area contributed by atoms with Gasteiger partial charge >= 0.3 is 0 Å². The van der Waals surface area contributed by atoms with Gasteiger partial charge in [-0.15, -0.1) is 5.10 Å². The first-order valence-corrected chi connectivity index (χ1v) is 9.17. The summed E-state index contributed by atoms with van der Waals surface area (Å²) in [6, 6.07) is 0. The van der Waals surface area contributed by atoms with E-state index in [0.717, 1.165) is 42.0 Å². The topological polar surface area (TPSA) is 80.5 Å². The van der Waals surface area contributed by atoms with Crippen LogP contribution >= 0.6 is 11.8 Å². The van der Waals surface area contributed by atoms with Crippen LogP contribution in [0.2, 0.25) is 0 Å². The Morgan fingerprint density at radius 3 is 2.91 bits per heavy atom. The Bertz CT molecular complexity index is 576. The molecule has 0 unspecified atom stereocenters. The highest BCUT2D eigenvalue weighted by atomic mass is 32.2. The average Bonchev–Trinajstić information content (AvgIpc) is 3.26. The van der Waals surface area contributed by atoms with Gasteiger partial charge in [-0.25, -0.2) is 4.98 Å². The smallest absolute Gasteiger partial charge is 0.237 e. The second-order valence-corrected chi connectivity index (χ2v) is 6.84. The summed E-state index contributed by atoms with van der Waals surface area (Å²) in [4.78, 5) is 8.88. The molecular weight excluding hydrogens is 298 g/mol. The van der Waals surface area contributed by atoms with Gasteiger partial charge in [-0.05, 0) is 18.8 Å². The van der Waals surface area contributed by atoms with E-state index in [1.54, 1.807) is 0 Å². The number of aromatic nitrogens is 5. The van der Waals surface area contributed by atoms with Gasteiger partial charge in [-0.3, -0.25) is 5.10 Å². The highest BCUT2D eigenvalue weighted by molar-refractivity contribution is 7.98. The molecule has 0 radical (unpaired) electrons. The molecule has 1 aliphatic carbocycles. The number of thioether (sulfide) groups is 1. The summed E-state index contributed by atoms with van der Waals surface area (Å²) in [5, 5.41) is 12.0. The molecule has 0 atom stereocenters. The molecule has 0 saturated heterocycles. The van der Waals surface area contributed by atoms with Gasteiger partial charge in [0, 0.05) is 12.8 Å². The third-order valence-electron chi connectivity index (χ3n) is 4.08. The monoisotopic (exact) mass is 321 g/mol. The Kier molecular flexibility index (Phi) is 5.48. The third kappa shape index (κ3) is 4.32. The van der Waals surface area contributed by atoms with Crippen molar-refractivity contribution in [2.45, 2.75) is 69.2 Å². The van der Waals surface area contributed by atoms with Crippen molar-refractivity contribution in [2.24, 2.45) is 5.92 Å². The summed E-state index contributed by atoms with van der Waals surface area (Å²) < 4.78 is 5.21. The van der Waals surface area contributed by atoms with E-state index in [1.807, 2.05) is 0 Å². The molecule has 2 heterocycles. The quantitative estimate of drug-likeness (QED) is 0.749. The zero-order chi connectivity index (χ0) is 15.2. The van der Waals surface area contributed by atoms with E-state index in [1.165, 1.54) is 43.9 Å². The molecule has 1 fully saturated rings. The van der Waals surface area contributed by atoms with E-state index in [-0.39, 0.29) is 0 Å². The molecule has 1 aliphatic rings. The molecule has 0 aliphatic heterocycles. The molecule has 0 bridgehead atoms. The van der Waals surface area contributed by atoms with Crippen LogP contribution in [-0.2, 0) is 18.6 Å². The van der Waals surface area contributed by atoms with Crippen molar-refractivity contribution < 1.29 is 4.52 Å². The lowest BCUT2D eigenvalue weighted by atomic mass is 10.0. The predicted molar refractivity (Wildman–Crippen MR) is 84.5 cm³/mol. The summed E-state index contributed by atoms with van der Waals surface area (Å²) in [5.41, 5.74) is 0. The van der Waals surface area contributed by atoms with Gasteiger partial charge in [-0.2, -0.15) is 4.98 Å². The fourth-order valence-electron chi connectivity index (χ4n) is 2.89. The van der Waals surface area contributed by atoms with Crippen LogP contribution in [0.1, 0.15) is 63.0 Å². The number of hydrogen-bond donors (Lipinski definition) is 1. The van der Waals surface area contributed by atoms with E-state index in [2.05, 4.69) is 32.2 Å². The van der Waals surface area contributed by atoms with Crippen LogP contribution < -0.4 is 0 Å². The third-order valence-corrected chi connectivity index (χ3v) is 4.92. The molecule has 0 spiro atoms. The van der Waals surface area contributed by atoms with E-state index in [4.69, 9.17) is 4.52 Å². The van der Waals surface area contributed by atoms with Crippen LogP contribution in [0.3, 0.4) is 0 Å². The minimum Gasteiger partial charge on any atom is -0.338 e. The Hall–Kier alpha value is -1.37. The summed E-state index contributed by atoms with van der Waals surface area (Å²) in [6.45, 7) is 2.10. The van der Waals surface area contributed by atoms with E-state index in [0.29, 0.717) is 11.6 Å². The van der Waals surface area contributed by atoms with E-state index >= 15 is 0 Å². The first kappa shape index (κ1) is 15.5. The minimum atomic E-state index is 0.622. The van der Waals surface area contributed by atoms with Crippen LogP contribution in [-0.4, -0.2) is 25.3 Å². The maximum atomic E-state index is 5.21. The van der Waals surface area contributed by atoms with E-state index < -0.39 is 0 Å². The fraction of sp³-hybridized carbons (Fsp3) is 0.733. The van der Waals surface area contributed by atoms with Crippen LogP contribution in [0.25, 0.3) is 0 Å². The molecule has 7 heteroatoms. The van der Waals surface area contributed by atoms with Crippen LogP contribution in [0.4, 0.5) is 0 Å². The zero-order valence-corrected chi connectivity index (χ0v) is 13.9. The highest BCUT2D eigenvalue weighted by Crippen LogP contribution is 2.28. The Balaban J connectivity index is 1.44. The molecule has 120 valence electrons. The predicted octanol–water partition coefficient (Wildman–Crippen LogP) is 3.56. The molecule has 0 amide bonds. The maximum Gasteiger partial charge on any atom is 0.237 e. The fourth-order valence-corrected chi connectivity index (χ4v) is 3.55. The number of hydrogen-bond acceptors (Lipinski definition) is 6. The van der Waals surface area contributed by atoms with Crippen molar-refractivity contribution in [3.8, 4) is 0 Å². The van der Waals surface area contributed by atoms with Crippen molar-refractivity contribution in [3.05, 3.63) is 17.5 Å². The average molecular weight is 321 g/mol. The van der Waals surface area contributed by atoms with Gasteiger partial charge in [0.15, 0.2) is 5.82 Å². The zero-order valence-electron chi connectivity index (χ0n) is 13.0. The number of nitrogens with zero attached hydrogens (tertiary/aromatic N) is 4. The lowest BCUT2D eigenvalue weighted by molar-refractivity contribution is 0.384. The first-order chi connectivity index (χ1) is 10.8. The van der Waals surface area contributed by atoms with Crippen molar-refractivity contribution in [2.75, 3.05) is 0 Å². The van der Waals surface area contributed by atoms with Gasteiger partial charge in [0.2, 0.25) is 11.0 Å². The van der Waals surface area contributed by atoms with E-state index in [9.17, 15) is 0 Å². The second kappa shape index (κ2) is 7.76. The van der Waals surface area contributed by atoms with Crippen molar-refractivity contribution in [1.29, 1.82) is 0 Å². The summed E-state index contributed by atoms with van der Waals surface area (Å²) >= 11 is 1.53. The van der Waals surface area contributed by atoms with Gasteiger partial charge in [-0.1, -0.05) is 49.5 Å². The molecule has 3 rings (SSSR count). The van der Waals surface area contributed by atoms with Crippen molar-refractivity contribution >= 4 is 11.8 Å². The Morgan fingerprint density at radius 2 is 2.09 bits per heavy atom. The molecular formula is C15H23N5OS. The molecule has 1 N–H and O–H groups in total. The van der Waals surface area contributed by atoms with Gasteiger partial charge in [0.1, 0.15) is 5.82 Å². The second-order valence-electron chi connectivity index (χ2n) is 5.90. The standard InChI is InChI=1S/C15H23N5OS/c1-2-5-13-16-14(21-20-13)10-22-15-17-12(18-19-15)9-8-11-6-3-4-7-11/h11H,2-10H2,1H3,(H,17,18,19). The minimum absolute atomic E-state index is 0.622. The molecule has 22 heavy (non-hydrogen) atoms. The maximum absolute atomic E-state index is 5.21. The lowest BCUT2D eigenvalue weighted by Crippen LogP contribution is -1.97. The Labute approximate surface area is 134 Å². The number of aryl methyl sites for hydroxylation is 2. The summed E-state index contributed by atoms with van der Waals surface area (Å²) in [7, 11) is 0. The van der Waals surface area contributed by atoms with Crippen LogP contribution in [0.15, 0.2) is 9.68 Å². The molecule has 0 aromatic carbocycles. The number of rotatable bonds is 8. The molecule has 6 nitrogen and oxygen atoms in total. The normalized spacial score (nSPS) is 15.7. The van der Waals surface area contributed by atoms with Crippen LogP contribution in [0, 0.1) is 5.92 Å². The highest BCUT2D eigenvalue weighted by Gasteiger charge is 2.16. The first-order valence-electron chi connectivity index (χ1n) is 8.19. The summed E-state index contributed by atoms with van der Waals surface area (Å²) in [6.07, 6.45) is 9.67. The lowest BCUT2D eigenvalue weighted by Gasteiger charge is -2.05. The number of aromatic amines is 1. The number of nitrogens with one attached hydrogen (secondary N) is 1. The molecule has 2 aromatic heterocycles. The van der Waals surface area contributed by atoms with Gasteiger partial charge in [0.25, 0.3) is 0 Å². The van der Waals surface area contributed by atoms with Crippen LogP contribution in [0.5, 0.6) is 0 Å². The van der Waals surface area contributed by atoms with Gasteiger partial charge in [0.05, 0.1) is 5.75 Å². The molecule has 1 saturated carbocycles. The Morgan fingerprint density at radius 1 is 1.23 bits per heavy atom. The van der Waals surface area contributed by atoms with Crippen molar-refractivity contribution in [3.63, 3.8) is 0 Å². The largest absolute Gasteiger partial charge is 0.338 e.